The summed E-state index contributed by atoms with van der Waals surface area (Å²) in [4.78, 5) is 35.3. The summed E-state index contributed by atoms with van der Waals surface area (Å²) in [5.41, 5.74) is 4.67. The van der Waals surface area contributed by atoms with Gasteiger partial charge in [0, 0.05) is 10.6 Å². The Kier molecular flexibility index (Phi) is 6.99. The minimum atomic E-state index is -0.881. The Bertz CT molecular complexity index is 765. The maximum Gasteiger partial charge on any atom is 0.347 e. The van der Waals surface area contributed by atoms with Crippen molar-refractivity contribution < 1.29 is 23.9 Å². The third-order valence-corrected chi connectivity index (χ3v) is 3.41. The molecule has 0 aliphatic heterocycles. The summed E-state index contributed by atoms with van der Waals surface area (Å²) in [5.74, 6) is -1.40. The fourth-order valence-electron chi connectivity index (χ4n) is 1.84. The van der Waals surface area contributed by atoms with Gasteiger partial charge in [0.2, 0.25) is 0 Å². The van der Waals surface area contributed by atoms with Crippen molar-refractivity contribution in [2.24, 2.45) is 0 Å². The molecule has 0 radical (unpaired) electrons. The lowest BCUT2D eigenvalue weighted by atomic mass is 10.2. The lowest BCUT2D eigenvalue weighted by Gasteiger charge is -2.14. The van der Waals surface area contributed by atoms with Gasteiger partial charge >= 0.3 is 5.97 Å². The monoisotopic (exact) mass is 376 g/mol. The highest BCUT2D eigenvalue weighted by Gasteiger charge is 2.18. The van der Waals surface area contributed by atoms with Crippen LogP contribution < -0.4 is 15.6 Å². The standard InChI is InChI=1S/C18H17ClN2O5/c1-12(26-15-5-3-2-4-6-15)18(24)25-11-16(22)20-21-17(23)13-7-9-14(19)10-8-13/h2-10,12H,11H2,1H3,(H,20,22)(H,21,23)/t12-/m1/s1. The lowest BCUT2D eigenvalue weighted by molar-refractivity contribution is -0.154. The number of para-hydroxylation sites is 1. The second-order valence-corrected chi connectivity index (χ2v) is 5.63. The van der Waals surface area contributed by atoms with Gasteiger partial charge in [-0.1, -0.05) is 29.8 Å². The van der Waals surface area contributed by atoms with Crippen LogP contribution in [-0.2, 0) is 14.3 Å². The van der Waals surface area contributed by atoms with Gasteiger partial charge in [0.1, 0.15) is 5.75 Å². The Morgan fingerprint density at radius 3 is 2.31 bits per heavy atom. The average Bonchev–Trinajstić information content (AvgIpc) is 2.65. The molecule has 0 aliphatic rings. The van der Waals surface area contributed by atoms with Gasteiger partial charge in [0.15, 0.2) is 12.7 Å². The van der Waals surface area contributed by atoms with Crippen LogP contribution in [-0.4, -0.2) is 30.5 Å². The summed E-state index contributed by atoms with van der Waals surface area (Å²) < 4.78 is 10.2. The molecule has 0 heterocycles. The molecule has 2 rings (SSSR count). The van der Waals surface area contributed by atoms with Gasteiger partial charge in [-0.2, -0.15) is 0 Å². The number of carbonyl (C=O) groups is 3. The maximum absolute atomic E-state index is 11.8. The molecule has 2 amide bonds. The predicted molar refractivity (Wildman–Crippen MR) is 94.6 cm³/mol. The Labute approximate surface area is 155 Å². The molecular weight excluding hydrogens is 360 g/mol. The van der Waals surface area contributed by atoms with Crippen molar-refractivity contribution >= 4 is 29.4 Å². The van der Waals surface area contributed by atoms with E-state index in [0.717, 1.165) is 0 Å². The number of halogens is 1. The van der Waals surface area contributed by atoms with E-state index in [2.05, 4.69) is 10.9 Å². The molecule has 0 spiro atoms. The first-order valence-electron chi connectivity index (χ1n) is 7.69. The fourth-order valence-corrected chi connectivity index (χ4v) is 1.97. The Morgan fingerprint density at radius 2 is 1.65 bits per heavy atom. The lowest BCUT2D eigenvalue weighted by Crippen LogP contribution is -2.44. The molecule has 8 heteroatoms. The Morgan fingerprint density at radius 1 is 1.00 bits per heavy atom. The molecule has 0 unspecified atom stereocenters. The summed E-state index contributed by atoms with van der Waals surface area (Å²) >= 11 is 5.73. The topological polar surface area (TPSA) is 93.7 Å². The summed E-state index contributed by atoms with van der Waals surface area (Å²) in [6, 6.07) is 14.9. The molecule has 136 valence electrons. The second kappa shape index (κ2) is 9.43. The van der Waals surface area contributed by atoms with E-state index in [1.807, 2.05) is 6.07 Å². The van der Waals surface area contributed by atoms with Crippen molar-refractivity contribution in [3.8, 4) is 5.75 Å². The number of hydrogen-bond donors (Lipinski definition) is 2. The highest BCUT2D eigenvalue weighted by molar-refractivity contribution is 6.30. The molecule has 7 nitrogen and oxygen atoms in total. The predicted octanol–water partition coefficient (Wildman–Crippen LogP) is 2.11. The average molecular weight is 377 g/mol. The molecule has 0 fully saturated rings. The fraction of sp³-hybridized carbons (Fsp3) is 0.167. The summed E-state index contributed by atoms with van der Waals surface area (Å²) in [6.45, 7) is 0.956. The number of rotatable bonds is 6. The van der Waals surface area contributed by atoms with Crippen LogP contribution >= 0.6 is 11.6 Å². The minimum Gasteiger partial charge on any atom is -0.479 e. The highest BCUT2D eigenvalue weighted by Crippen LogP contribution is 2.11. The zero-order valence-electron chi connectivity index (χ0n) is 13.9. The van der Waals surface area contributed by atoms with E-state index in [9.17, 15) is 14.4 Å². The SMILES string of the molecule is C[C@@H](Oc1ccccc1)C(=O)OCC(=O)NNC(=O)c1ccc(Cl)cc1. The largest absolute Gasteiger partial charge is 0.479 e. The molecule has 0 aliphatic carbocycles. The van der Waals surface area contributed by atoms with Gasteiger partial charge in [-0.05, 0) is 43.3 Å². The van der Waals surface area contributed by atoms with Crippen molar-refractivity contribution in [1.82, 2.24) is 10.9 Å². The number of nitrogens with one attached hydrogen (secondary N) is 2. The summed E-state index contributed by atoms with van der Waals surface area (Å²) in [5, 5.41) is 0.490. The second-order valence-electron chi connectivity index (χ2n) is 5.19. The zero-order chi connectivity index (χ0) is 18.9. The van der Waals surface area contributed by atoms with E-state index < -0.39 is 30.5 Å². The van der Waals surface area contributed by atoms with Crippen LogP contribution in [0.3, 0.4) is 0 Å². The van der Waals surface area contributed by atoms with Crippen LogP contribution in [0.4, 0.5) is 0 Å². The molecule has 0 saturated carbocycles. The van der Waals surface area contributed by atoms with Crippen molar-refractivity contribution in [3.05, 3.63) is 65.2 Å². The van der Waals surface area contributed by atoms with Gasteiger partial charge in [-0.25, -0.2) is 4.79 Å². The third kappa shape index (κ3) is 6.10. The van der Waals surface area contributed by atoms with Crippen LogP contribution in [0.25, 0.3) is 0 Å². The molecular formula is C18H17ClN2O5. The number of esters is 1. The number of benzene rings is 2. The summed E-state index contributed by atoms with van der Waals surface area (Å²) in [7, 11) is 0. The molecule has 0 bridgehead atoms. The molecule has 2 aromatic rings. The normalized spacial score (nSPS) is 11.2. The van der Waals surface area contributed by atoms with E-state index in [-0.39, 0.29) is 0 Å². The number of amides is 2. The Balaban J connectivity index is 1.71. The van der Waals surface area contributed by atoms with Gasteiger partial charge < -0.3 is 9.47 Å². The first-order chi connectivity index (χ1) is 12.5. The van der Waals surface area contributed by atoms with Crippen LogP contribution in [0.5, 0.6) is 5.75 Å². The molecule has 26 heavy (non-hydrogen) atoms. The first kappa shape index (κ1) is 19.3. The van der Waals surface area contributed by atoms with Crippen LogP contribution in [0, 0.1) is 0 Å². The van der Waals surface area contributed by atoms with Crippen molar-refractivity contribution in [2.45, 2.75) is 13.0 Å². The van der Waals surface area contributed by atoms with Gasteiger partial charge in [0.25, 0.3) is 11.8 Å². The van der Waals surface area contributed by atoms with Crippen LogP contribution in [0.1, 0.15) is 17.3 Å². The smallest absolute Gasteiger partial charge is 0.347 e. The number of carbonyl (C=O) groups excluding carboxylic acids is 3. The maximum atomic E-state index is 11.8. The van der Waals surface area contributed by atoms with Gasteiger partial charge in [-0.3, -0.25) is 20.4 Å². The van der Waals surface area contributed by atoms with Crippen molar-refractivity contribution in [3.63, 3.8) is 0 Å². The molecule has 0 saturated heterocycles. The molecule has 2 aromatic carbocycles. The van der Waals surface area contributed by atoms with E-state index in [4.69, 9.17) is 21.1 Å². The number of ether oxygens (including phenoxy) is 2. The van der Waals surface area contributed by atoms with Gasteiger partial charge in [-0.15, -0.1) is 0 Å². The Hall–Kier alpha value is -3.06. The first-order valence-corrected chi connectivity index (χ1v) is 8.06. The van der Waals surface area contributed by atoms with E-state index in [1.54, 1.807) is 36.4 Å². The van der Waals surface area contributed by atoms with E-state index in [0.29, 0.717) is 16.3 Å². The highest BCUT2D eigenvalue weighted by atomic mass is 35.5. The third-order valence-electron chi connectivity index (χ3n) is 3.16. The number of hydrogen-bond acceptors (Lipinski definition) is 5. The van der Waals surface area contributed by atoms with E-state index >= 15 is 0 Å². The van der Waals surface area contributed by atoms with Crippen molar-refractivity contribution in [2.75, 3.05) is 6.61 Å². The van der Waals surface area contributed by atoms with Crippen molar-refractivity contribution in [1.29, 1.82) is 0 Å². The number of hydrazine groups is 1. The van der Waals surface area contributed by atoms with Crippen LogP contribution in [0.15, 0.2) is 54.6 Å². The molecule has 0 aromatic heterocycles. The molecule has 2 N–H and O–H groups in total. The van der Waals surface area contributed by atoms with Crippen LogP contribution in [0.2, 0.25) is 5.02 Å². The van der Waals surface area contributed by atoms with Gasteiger partial charge in [0.05, 0.1) is 0 Å². The molecule has 1 atom stereocenters. The minimum absolute atomic E-state index is 0.316. The quantitative estimate of drug-likeness (QED) is 0.595. The zero-order valence-corrected chi connectivity index (χ0v) is 14.7. The summed E-state index contributed by atoms with van der Waals surface area (Å²) in [6.07, 6.45) is -0.881. The van der Waals surface area contributed by atoms with E-state index in [1.165, 1.54) is 19.1 Å².